The number of nitriles is 1. The van der Waals surface area contributed by atoms with Gasteiger partial charge in [0.25, 0.3) is 5.56 Å². The molecule has 6 rings (SSSR count). The van der Waals surface area contributed by atoms with Crippen LogP contribution < -0.4 is 10.5 Å². The van der Waals surface area contributed by atoms with Crippen LogP contribution in [0.25, 0.3) is 22.2 Å². The molecular formula is C23H18N8O. The molecule has 156 valence electrons. The highest BCUT2D eigenvalue weighted by Gasteiger charge is 2.33. The van der Waals surface area contributed by atoms with Gasteiger partial charge in [-0.15, -0.1) is 0 Å². The zero-order valence-corrected chi connectivity index (χ0v) is 17.0. The first kappa shape index (κ1) is 18.3. The Bertz CT molecular complexity index is 1560. The molecule has 5 aromatic rings. The number of H-pyrrole nitrogens is 1. The first-order valence-corrected chi connectivity index (χ1v) is 10.4. The molecule has 0 saturated carbocycles. The zero-order valence-electron chi connectivity index (χ0n) is 17.0. The maximum absolute atomic E-state index is 13.5. The van der Waals surface area contributed by atoms with E-state index in [1.165, 1.54) is 6.33 Å². The van der Waals surface area contributed by atoms with E-state index < -0.39 is 0 Å². The number of rotatable bonds is 3. The Kier molecular flexibility index (Phi) is 4.04. The molecular weight excluding hydrogens is 404 g/mol. The highest BCUT2D eigenvalue weighted by atomic mass is 16.1. The van der Waals surface area contributed by atoms with Crippen molar-refractivity contribution in [2.45, 2.75) is 18.9 Å². The molecule has 32 heavy (non-hydrogen) atoms. The third-order valence-corrected chi connectivity index (χ3v) is 6.00. The number of aromatic amines is 1. The molecule has 0 bridgehead atoms. The second-order valence-corrected chi connectivity index (χ2v) is 7.76. The molecule has 5 heterocycles. The normalized spacial score (nSPS) is 16.1. The molecule has 0 radical (unpaired) electrons. The molecule has 0 spiro atoms. The first-order chi connectivity index (χ1) is 15.8. The van der Waals surface area contributed by atoms with Crippen LogP contribution in [0.15, 0.2) is 66.0 Å². The van der Waals surface area contributed by atoms with E-state index in [0.717, 1.165) is 25.1 Å². The van der Waals surface area contributed by atoms with Gasteiger partial charge in [0.2, 0.25) is 0 Å². The van der Waals surface area contributed by atoms with E-state index in [-0.39, 0.29) is 11.6 Å². The minimum Gasteiger partial charge on any atom is -0.346 e. The minimum absolute atomic E-state index is 0.120. The third-order valence-electron chi connectivity index (χ3n) is 6.00. The zero-order chi connectivity index (χ0) is 21.7. The Morgan fingerprint density at radius 1 is 1.12 bits per heavy atom. The van der Waals surface area contributed by atoms with Crippen LogP contribution in [0.2, 0.25) is 0 Å². The van der Waals surface area contributed by atoms with E-state index >= 15 is 0 Å². The van der Waals surface area contributed by atoms with E-state index in [1.54, 1.807) is 27.5 Å². The van der Waals surface area contributed by atoms with Gasteiger partial charge in [0.1, 0.15) is 29.4 Å². The molecule has 1 N–H and O–H groups in total. The van der Waals surface area contributed by atoms with Crippen molar-refractivity contribution in [1.82, 2.24) is 29.1 Å². The summed E-state index contributed by atoms with van der Waals surface area (Å²) in [6.07, 6.45) is 6.66. The van der Waals surface area contributed by atoms with Crippen molar-refractivity contribution in [3.05, 3.63) is 82.9 Å². The Morgan fingerprint density at radius 2 is 2.00 bits per heavy atom. The molecule has 0 aliphatic carbocycles. The van der Waals surface area contributed by atoms with Crippen molar-refractivity contribution in [2.75, 3.05) is 11.4 Å². The van der Waals surface area contributed by atoms with E-state index in [0.29, 0.717) is 33.8 Å². The predicted octanol–water partition coefficient (Wildman–Crippen LogP) is 2.97. The summed E-state index contributed by atoms with van der Waals surface area (Å²) >= 11 is 0. The van der Waals surface area contributed by atoms with Crippen molar-refractivity contribution in [1.29, 1.82) is 5.26 Å². The highest BCUT2D eigenvalue weighted by molar-refractivity contribution is 5.93. The maximum Gasteiger partial charge on any atom is 0.282 e. The number of benzene rings is 1. The van der Waals surface area contributed by atoms with Crippen molar-refractivity contribution < 1.29 is 0 Å². The average Bonchev–Trinajstić information content (AvgIpc) is 3.58. The lowest BCUT2D eigenvalue weighted by Crippen LogP contribution is -2.33. The minimum atomic E-state index is -0.186. The van der Waals surface area contributed by atoms with Gasteiger partial charge in [0, 0.05) is 18.9 Å². The molecule has 1 fully saturated rings. The van der Waals surface area contributed by atoms with Gasteiger partial charge in [0.15, 0.2) is 5.82 Å². The van der Waals surface area contributed by atoms with Gasteiger partial charge >= 0.3 is 0 Å². The fourth-order valence-electron chi connectivity index (χ4n) is 4.59. The lowest BCUT2D eigenvalue weighted by molar-refractivity contribution is 0.602. The summed E-state index contributed by atoms with van der Waals surface area (Å²) in [5, 5.41) is 15.1. The summed E-state index contributed by atoms with van der Waals surface area (Å²) in [4.78, 5) is 27.5. The highest BCUT2D eigenvalue weighted by Crippen LogP contribution is 2.38. The second-order valence-electron chi connectivity index (χ2n) is 7.76. The van der Waals surface area contributed by atoms with Gasteiger partial charge in [-0.05, 0) is 37.1 Å². The lowest BCUT2D eigenvalue weighted by Gasteiger charge is -2.27. The standard InChI is InChI=1S/C23H18N8O/c24-12-15-13-25-20-19(15)22(27-14-26-20)29-10-4-8-17(29)21-28-30-11-5-9-18(30)23(32)31(21)16-6-2-1-3-7-16/h1-3,5-7,9,11,13-14,17H,4,8,10H2,(H,25,26,27). The molecule has 1 aromatic carbocycles. The monoisotopic (exact) mass is 422 g/mol. The van der Waals surface area contributed by atoms with Gasteiger partial charge in [-0.25, -0.2) is 14.5 Å². The summed E-state index contributed by atoms with van der Waals surface area (Å²) in [5.41, 5.74) is 2.28. The van der Waals surface area contributed by atoms with Crippen LogP contribution in [0.5, 0.6) is 0 Å². The molecule has 4 aromatic heterocycles. The first-order valence-electron chi connectivity index (χ1n) is 10.4. The van der Waals surface area contributed by atoms with Crippen LogP contribution in [-0.2, 0) is 0 Å². The lowest BCUT2D eigenvalue weighted by atomic mass is 10.1. The Balaban J connectivity index is 1.59. The molecule has 1 saturated heterocycles. The second kappa shape index (κ2) is 7.06. The van der Waals surface area contributed by atoms with Gasteiger partial charge in [-0.3, -0.25) is 9.36 Å². The number of fused-ring (bicyclic) bond motifs is 2. The SMILES string of the molecule is N#Cc1c[nH]c2ncnc(N3CCCC3c3nn4cccc4c(=O)n3-c3ccccc3)c12. The number of nitrogens with zero attached hydrogens (tertiary/aromatic N) is 7. The van der Waals surface area contributed by atoms with Gasteiger partial charge in [-0.2, -0.15) is 10.4 Å². The van der Waals surface area contributed by atoms with Crippen molar-refractivity contribution in [3.63, 3.8) is 0 Å². The van der Waals surface area contributed by atoms with Gasteiger partial charge in [-0.1, -0.05) is 18.2 Å². The summed E-state index contributed by atoms with van der Waals surface area (Å²) < 4.78 is 3.33. The average molecular weight is 422 g/mol. The number of anilines is 1. The number of nitrogens with one attached hydrogen (secondary N) is 1. The number of hydrogen-bond donors (Lipinski definition) is 1. The van der Waals surface area contributed by atoms with Crippen LogP contribution in [-0.4, -0.2) is 35.7 Å². The summed E-state index contributed by atoms with van der Waals surface area (Å²) in [6.45, 7) is 0.737. The van der Waals surface area contributed by atoms with Crippen molar-refractivity contribution in [3.8, 4) is 11.8 Å². The van der Waals surface area contributed by atoms with Crippen LogP contribution in [0, 0.1) is 11.3 Å². The molecule has 1 aliphatic rings. The van der Waals surface area contributed by atoms with Gasteiger partial charge < -0.3 is 9.88 Å². The Hall–Kier alpha value is -4.45. The van der Waals surface area contributed by atoms with Gasteiger partial charge in [0.05, 0.1) is 22.7 Å². The van der Waals surface area contributed by atoms with Crippen molar-refractivity contribution >= 4 is 22.4 Å². The smallest absolute Gasteiger partial charge is 0.282 e. The number of hydrogen-bond acceptors (Lipinski definition) is 6. The van der Waals surface area contributed by atoms with E-state index in [9.17, 15) is 10.1 Å². The predicted molar refractivity (Wildman–Crippen MR) is 119 cm³/mol. The summed E-state index contributed by atoms with van der Waals surface area (Å²) in [6, 6.07) is 15.2. The van der Waals surface area contributed by atoms with E-state index in [1.807, 2.05) is 36.4 Å². The molecule has 9 nitrogen and oxygen atoms in total. The summed E-state index contributed by atoms with van der Waals surface area (Å²) in [5.74, 6) is 1.32. The van der Waals surface area contributed by atoms with Crippen LogP contribution >= 0.6 is 0 Å². The fourth-order valence-corrected chi connectivity index (χ4v) is 4.59. The summed E-state index contributed by atoms with van der Waals surface area (Å²) in [7, 11) is 0. The topological polar surface area (TPSA) is 108 Å². The third kappa shape index (κ3) is 2.63. The Labute approximate surface area is 182 Å². The van der Waals surface area contributed by atoms with E-state index in [2.05, 4.69) is 25.9 Å². The molecule has 9 heteroatoms. The van der Waals surface area contributed by atoms with Crippen LogP contribution in [0.4, 0.5) is 5.82 Å². The Morgan fingerprint density at radius 3 is 2.84 bits per heavy atom. The quantitative estimate of drug-likeness (QED) is 0.479. The number of aromatic nitrogens is 6. The molecule has 0 amide bonds. The molecule has 1 atom stereocenters. The molecule has 1 unspecified atom stereocenters. The molecule has 1 aliphatic heterocycles. The van der Waals surface area contributed by atoms with Crippen LogP contribution in [0.1, 0.15) is 30.3 Å². The van der Waals surface area contributed by atoms with Crippen molar-refractivity contribution in [2.24, 2.45) is 0 Å². The fraction of sp³-hybridized carbons (Fsp3) is 0.174. The van der Waals surface area contributed by atoms with Crippen LogP contribution in [0.3, 0.4) is 0 Å². The maximum atomic E-state index is 13.5. The van der Waals surface area contributed by atoms with E-state index in [4.69, 9.17) is 5.10 Å². The largest absolute Gasteiger partial charge is 0.346 e. The number of para-hydroxylation sites is 1.